The Bertz CT molecular complexity index is 641. The van der Waals surface area contributed by atoms with E-state index in [1.54, 1.807) is 12.3 Å². The van der Waals surface area contributed by atoms with Crippen LogP contribution in [-0.4, -0.2) is 17.4 Å². The van der Waals surface area contributed by atoms with Crippen molar-refractivity contribution in [1.29, 1.82) is 0 Å². The highest BCUT2D eigenvalue weighted by Gasteiger charge is 2.06. The molecule has 22 heavy (non-hydrogen) atoms. The molecule has 0 atom stereocenters. The minimum Gasteiger partial charge on any atom is -0.354 e. The molecular weight excluding hydrogens is 298 g/mol. The summed E-state index contributed by atoms with van der Waals surface area (Å²) in [6.45, 7) is 4.72. The molecule has 5 heteroatoms. The molecule has 1 amide bonds. The number of unbranched alkanes of at least 4 members (excludes halogenated alkanes) is 1. The second kappa shape index (κ2) is 7.80. The summed E-state index contributed by atoms with van der Waals surface area (Å²) >= 11 is 6.10. The maximum Gasteiger partial charge on any atom is 0.269 e. The van der Waals surface area contributed by atoms with Gasteiger partial charge in [-0.3, -0.25) is 4.79 Å². The van der Waals surface area contributed by atoms with Crippen LogP contribution in [-0.2, 0) is 0 Å². The Kier molecular flexibility index (Phi) is 5.78. The predicted octanol–water partition coefficient (Wildman–Crippen LogP) is 4.32. The summed E-state index contributed by atoms with van der Waals surface area (Å²) in [6.07, 6.45) is 3.66. The van der Waals surface area contributed by atoms with Gasteiger partial charge in [0, 0.05) is 17.3 Å². The first-order chi connectivity index (χ1) is 10.6. The molecule has 0 saturated heterocycles. The molecule has 0 saturated carbocycles. The quantitative estimate of drug-likeness (QED) is 0.780. The third-order valence-electron chi connectivity index (χ3n) is 3.27. The molecule has 0 radical (unpaired) electrons. The third kappa shape index (κ3) is 4.46. The minimum atomic E-state index is -0.140. The number of anilines is 2. The van der Waals surface area contributed by atoms with Crippen LogP contribution in [0.5, 0.6) is 0 Å². The summed E-state index contributed by atoms with van der Waals surface area (Å²) in [7, 11) is 0. The lowest BCUT2D eigenvalue weighted by Gasteiger charge is -2.08. The van der Waals surface area contributed by atoms with Crippen LogP contribution in [0.3, 0.4) is 0 Å². The number of pyridine rings is 1. The Morgan fingerprint density at radius 2 is 2.00 bits per heavy atom. The van der Waals surface area contributed by atoms with Crippen molar-refractivity contribution in [2.45, 2.75) is 26.7 Å². The van der Waals surface area contributed by atoms with Crippen molar-refractivity contribution >= 4 is 28.9 Å². The summed E-state index contributed by atoms with van der Waals surface area (Å²) in [5.41, 5.74) is 3.15. The molecule has 0 aliphatic rings. The Morgan fingerprint density at radius 1 is 1.23 bits per heavy atom. The Labute approximate surface area is 135 Å². The van der Waals surface area contributed by atoms with Crippen LogP contribution < -0.4 is 10.6 Å². The Morgan fingerprint density at radius 3 is 2.64 bits per heavy atom. The molecule has 116 valence electrons. The van der Waals surface area contributed by atoms with E-state index in [2.05, 4.69) is 22.5 Å². The molecule has 2 rings (SSSR count). The lowest BCUT2D eigenvalue weighted by Crippen LogP contribution is -2.25. The standard InChI is InChI=1S/C17H20ClN3O/c1-3-4-9-19-17(22)16-8-7-14(11-20-16)21-13-6-5-12(2)15(18)10-13/h5-8,10-11,21H,3-4,9H2,1-2H3,(H,19,22). The van der Waals surface area contributed by atoms with Crippen molar-refractivity contribution in [3.63, 3.8) is 0 Å². The van der Waals surface area contributed by atoms with Gasteiger partial charge in [0.25, 0.3) is 5.91 Å². The van der Waals surface area contributed by atoms with Gasteiger partial charge in [-0.1, -0.05) is 31.0 Å². The minimum absolute atomic E-state index is 0.140. The molecule has 0 aliphatic carbocycles. The summed E-state index contributed by atoms with van der Waals surface area (Å²) in [4.78, 5) is 16.0. The molecule has 2 aromatic rings. The summed E-state index contributed by atoms with van der Waals surface area (Å²) in [6, 6.07) is 9.30. The zero-order chi connectivity index (χ0) is 15.9. The van der Waals surface area contributed by atoms with E-state index in [9.17, 15) is 4.79 Å². The van der Waals surface area contributed by atoms with Crippen LogP contribution in [0.4, 0.5) is 11.4 Å². The maximum absolute atomic E-state index is 11.9. The van der Waals surface area contributed by atoms with E-state index in [1.807, 2.05) is 31.2 Å². The van der Waals surface area contributed by atoms with Crippen molar-refractivity contribution < 1.29 is 4.79 Å². The molecule has 1 aromatic heterocycles. The van der Waals surface area contributed by atoms with Crippen molar-refractivity contribution in [3.05, 3.63) is 52.8 Å². The number of benzene rings is 1. The monoisotopic (exact) mass is 317 g/mol. The van der Waals surface area contributed by atoms with Crippen LogP contribution in [0, 0.1) is 6.92 Å². The molecule has 0 spiro atoms. The lowest BCUT2D eigenvalue weighted by atomic mass is 10.2. The van der Waals surface area contributed by atoms with Crippen molar-refractivity contribution in [1.82, 2.24) is 10.3 Å². The highest BCUT2D eigenvalue weighted by Crippen LogP contribution is 2.22. The van der Waals surface area contributed by atoms with Crippen molar-refractivity contribution in [2.24, 2.45) is 0 Å². The number of carbonyl (C=O) groups is 1. The van der Waals surface area contributed by atoms with Crippen LogP contribution in [0.2, 0.25) is 5.02 Å². The van der Waals surface area contributed by atoms with Gasteiger partial charge in [-0.05, 0) is 43.2 Å². The number of hydrogen-bond donors (Lipinski definition) is 2. The van der Waals surface area contributed by atoms with Crippen LogP contribution in [0.1, 0.15) is 35.8 Å². The first-order valence-electron chi connectivity index (χ1n) is 7.37. The largest absolute Gasteiger partial charge is 0.354 e. The number of carbonyl (C=O) groups excluding carboxylic acids is 1. The second-order valence-electron chi connectivity index (χ2n) is 5.13. The predicted molar refractivity (Wildman–Crippen MR) is 90.9 cm³/mol. The Balaban J connectivity index is 1.99. The van der Waals surface area contributed by atoms with Gasteiger partial charge in [-0.25, -0.2) is 4.98 Å². The van der Waals surface area contributed by atoms with E-state index < -0.39 is 0 Å². The fraction of sp³-hybridized carbons (Fsp3) is 0.294. The van der Waals surface area contributed by atoms with E-state index in [0.717, 1.165) is 29.8 Å². The number of aromatic nitrogens is 1. The van der Waals surface area contributed by atoms with Crippen LogP contribution in [0.15, 0.2) is 36.5 Å². The van der Waals surface area contributed by atoms with Gasteiger partial charge in [-0.15, -0.1) is 0 Å². The van der Waals surface area contributed by atoms with Gasteiger partial charge < -0.3 is 10.6 Å². The summed E-state index contributed by atoms with van der Waals surface area (Å²) in [5.74, 6) is -0.140. The number of rotatable bonds is 6. The maximum atomic E-state index is 11.9. The molecule has 0 bridgehead atoms. The number of hydrogen-bond acceptors (Lipinski definition) is 3. The van der Waals surface area contributed by atoms with Gasteiger partial charge >= 0.3 is 0 Å². The van der Waals surface area contributed by atoms with E-state index >= 15 is 0 Å². The number of nitrogens with zero attached hydrogens (tertiary/aromatic N) is 1. The second-order valence-corrected chi connectivity index (χ2v) is 5.54. The lowest BCUT2D eigenvalue weighted by molar-refractivity contribution is 0.0948. The Hall–Kier alpha value is -2.07. The average Bonchev–Trinajstić information content (AvgIpc) is 2.52. The van der Waals surface area contributed by atoms with Crippen LogP contribution in [0.25, 0.3) is 0 Å². The zero-order valence-electron chi connectivity index (χ0n) is 12.8. The van der Waals surface area contributed by atoms with Gasteiger partial charge in [0.15, 0.2) is 0 Å². The van der Waals surface area contributed by atoms with E-state index in [-0.39, 0.29) is 5.91 Å². The van der Waals surface area contributed by atoms with Gasteiger partial charge in [0.05, 0.1) is 11.9 Å². The molecule has 0 aliphatic heterocycles. The van der Waals surface area contributed by atoms with E-state index in [0.29, 0.717) is 17.3 Å². The number of aryl methyl sites for hydroxylation is 1. The van der Waals surface area contributed by atoms with Gasteiger partial charge in [0.1, 0.15) is 5.69 Å². The first-order valence-corrected chi connectivity index (χ1v) is 7.75. The van der Waals surface area contributed by atoms with Crippen molar-refractivity contribution in [2.75, 3.05) is 11.9 Å². The van der Waals surface area contributed by atoms with Gasteiger partial charge in [-0.2, -0.15) is 0 Å². The molecule has 1 aromatic carbocycles. The summed E-state index contributed by atoms with van der Waals surface area (Å²) in [5, 5.41) is 6.77. The number of nitrogens with one attached hydrogen (secondary N) is 2. The molecule has 0 unspecified atom stereocenters. The molecule has 4 nitrogen and oxygen atoms in total. The van der Waals surface area contributed by atoms with Crippen LogP contribution >= 0.6 is 11.6 Å². The first kappa shape index (κ1) is 16.3. The third-order valence-corrected chi connectivity index (χ3v) is 3.68. The molecule has 1 heterocycles. The number of halogens is 1. The fourth-order valence-corrected chi connectivity index (χ4v) is 2.09. The van der Waals surface area contributed by atoms with Gasteiger partial charge in [0.2, 0.25) is 0 Å². The van der Waals surface area contributed by atoms with E-state index in [4.69, 9.17) is 11.6 Å². The molecular formula is C17H20ClN3O. The highest BCUT2D eigenvalue weighted by molar-refractivity contribution is 6.31. The van der Waals surface area contributed by atoms with E-state index in [1.165, 1.54) is 0 Å². The normalized spacial score (nSPS) is 10.3. The highest BCUT2D eigenvalue weighted by atomic mass is 35.5. The fourth-order valence-electron chi connectivity index (χ4n) is 1.91. The average molecular weight is 318 g/mol. The smallest absolute Gasteiger partial charge is 0.269 e. The topological polar surface area (TPSA) is 54.0 Å². The van der Waals surface area contributed by atoms with Crippen molar-refractivity contribution in [3.8, 4) is 0 Å². The SMILES string of the molecule is CCCCNC(=O)c1ccc(Nc2ccc(C)c(Cl)c2)cn1. The number of amides is 1. The zero-order valence-corrected chi connectivity index (χ0v) is 13.6. The molecule has 2 N–H and O–H groups in total. The molecule has 0 fully saturated rings. The summed E-state index contributed by atoms with van der Waals surface area (Å²) < 4.78 is 0.